The van der Waals surface area contributed by atoms with Crippen LogP contribution in [0, 0.1) is 0 Å². The van der Waals surface area contributed by atoms with Crippen molar-refractivity contribution in [3.05, 3.63) is 76.8 Å². The molecule has 0 spiro atoms. The van der Waals surface area contributed by atoms with E-state index in [0.29, 0.717) is 13.1 Å². The standard InChI is InChI=1S/C18H17NO3S/c20-18(6-5-15-8-11-21-14-15)19(13-16-3-1-10-22-16)9-7-17-4-2-12-23-17/h1-6,8,10-12,14H,7,9,13H2. The Bertz CT molecular complexity index is 727. The van der Waals surface area contributed by atoms with Gasteiger partial charge in [0.2, 0.25) is 5.91 Å². The minimum atomic E-state index is -0.0424. The molecule has 0 atom stereocenters. The van der Waals surface area contributed by atoms with E-state index in [0.717, 1.165) is 17.7 Å². The minimum absolute atomic E-state index is 0.0424. The second-order valence-electron chi connectivity index (χ2n) is 5.06. The number of furan rings is 2. The van der Waals surface area contributed by atoms with E-state index < -0.39 is 0 Å². The number of amides is 1. The van der Waals surface area contributed by atoms with Crippen LogP contribution in [0.15, 0.2) is 69.4 Å². The highest BCUT2D eigenvalue weighted by Gasteiger charge is 2.13. The van der Waals surface area contributed by atoms with Gasteiger partial charge in [-0.2, -0.15) is 0 Å². The van der Waals surface area contributed by atoms with Crippen molar-refractivity contribution in [1.82, 2.24) is 4.90 Å². The average Bonchev–Trinajstić information content (AvgIpc) is 3.32. The summed E-state index contributed by atoms with van der Waals surface area (Å²) in [7, 11) is 0. The molecule has 118 valence electrons. The molecule has 3 aromatic heterocycles. The number of carbonyl (C=O) groups is 1. The summed E-state index contributed by atoms with van der Waals surface area (Å²) in [5.41, 5.74) is 0.870. The molecule has 5 heteroatoms. The lowest BCUT2D eigenvalue weighted by Gasteiger charge is -2.19. The Morgan fingerprint density at radius 2 is 2.17 bits per heavy atom. The molecule has 0 aliphatic heterocycles. The summed E-state index contributed by atoms with van der Waals surface area (Å²) in [5, 5.41) is 2.05. The van der Waals surface area contributed by atoms with Crippen molar-refractivity contribution in [2.24, 2.45) is 0 Å². The largest absolute Gasteiger partial charge is 0.472 e. The van der Waals surface area contributed by atoms with E-state index in [-0.39, 0.29) is 5.91 Å². The molecule has 1 amide bonds. The summed E-state index contributed by atoms with van der Waals surface area (Å²) in [4.78, 5) is 15.5. The molecule has 3 heterocycles. The van der Waals surface area contributed by atoms with Crippen molar-refractivity contribution in [3.8, 4) is 0 Å². The SMILES string of the molecule is O=C(C=Cc1ccoc1)N(CCc1cccs1)Cc1ccco1. The van der Waals surface area contributed by atoms with E-state index in [1.807, 2.05) is 29.6 Å². The lowest BCUT2D eigenvalue weighted by Crippen LogP contribution is -2.30. The molecular weight excluding hydrogens is 310 g/mol. The molecule has 0 fully saturated rings. The normalized spacial score (nSPS) is 11.1. The fourth-order valence-electron chi connectivity index (χ4n) is 2.20. The number of nitrogens with zero attached hydrogens (tertiary/aromatic N) is 1. The number of rotatable bonds is 7. The van der Waals surface area contributed by atoms with Crippen molar-refractivity contribution in [2.45, 2.75) is 13.0 Å². The third-order valence-corrected chi connectivity index (χ3v) is 4.34. The molecule has 0 aliphatic carbocycles. The third-order valence-electron chi connectivity index (χ3n) is 3.41. The maximum atomic E-state index is 12.5. The Morgan fingerprint density at radius 3 is 2.87 bits per heavy atom. The van der Waals surface area contributed by atoms with Gasteiger partial charge in [-0.05, 0) is 42.1 Å². The van der Waals surface area contributed by atoms with Gasteiger partial charge in [0, 0.05) is 23.1 Å². The van der Waals surface area contributed by atoms with Gasteiger partial charge < -0.3 is 13.7 Å². The summed E-state index contributed by atoms with van der Waals surface area (Å²) < 4.78 is 10.4. The molecule has 3 rings (SSSR count). The smallest absolute Gasteiger partial charge is 0.246 e. The molecular formula is C18H17NO3S. The van der Waals surface area contributed by atoms with Crippen molar-refractivity contribution >= 4 is 23.3 Å². The fourth-order valence-corrected chi connectivity index (χ4v) is 2.90. The summed E-state index contributed by atoms with van der Waals surface area (Å²) in [6.07, 6.45) is 8.98. The topological polar surface area (TPSA) is 46.6 Å². The molecule has 0 bridgehead atoms. The minimum Gasteiger partial charge on any atom is -0.472 e. The molecule has 0 saturated heterocycles. The number of thiophene rings is 1. The second-order valence-corrected chi connectivity index (χ2v) is 6.09. The maximum Gasteiger partial charge on any atom is 0.246 e. The highest BCUT2D eigenvalue weighted by Crippen LogP contribution is 2.13. The van der Waals surface area contributed by atoms with Gasteiger partial charge in [-0.3, -0.25) is 4.79 Å². The Kier molecular flexibility index (Phi) is 5.11. The van der Waals surface area contributed by atoms with Gasteiger partial charge in [0.15, 0.2) is 0 Å². The third kappa shape index (κ3) is 4.47. The van der Waals surface area contributed by atoms with Crippen molar-refractivity contribution in [2.75, 3.05) is 6.54 Å². The maximum absolute atomic E-state index is 12.5. The van der Waals surface area contributed by atoms with Crippen LogP contribution in [0.1, 0.15) is 16.2 Å². The Labute approximate surface area is 138 Å². The lowest BCUT2D eigenvalue weighted by molar-refractivity contribution is -0.126. The predicted octanol–water partition coefficient (Wildman–Crippen LogP) is 4.22. The first-order valence-electron chi connectivity index (χ1n) is 7.35. The molecule has 0 saturated carbocycles. The van der Waals surface area contributed by atoms with Gasteiger partial charge in [-0.15, -0.1) is 11.3 Å². The molecule has 0 aliphatic rings. The Hall–Kier alpha value is -2.53. The average molecular weight is 327 g/mol. The Balaban J connectivity index is 1.66. The van der Waals surface area contributed by atoms with Crippen LogP contribution in [0.2, 0.25) is 0 Å². The number of hydrogen-bond acceptors (Lipinski definition) is 4. The van der Waals surface area contributed by atoms with Crippen LogP contribution in [0.3, 0.4) is 0 Å². The van der Waals surface area contributed by atoms with Crippen LogP contribution in [0.25, 0.3) is 6.08 Å². The van der Waals surface area contributed by atoms with E-state index in [2.05, 4.69) is 6.07 Å². The van der Waals surface area contributed by atoms with Crippen LogP contribution in [-0.4, -0.2) is 17.4 Å². The number of hydrogen-bond donors (Lipinski definition) is 0. The zero-order chi connectivity index (χ0) is 15.9. The molecule has 23 heavy (non-hydrogen) atoms. The van der Waals surface area contributed by atoms with Crippen molar-refractivity contribution in [1.29, 1.82) is 0 Å². The van der Waals surface area contributed by atoms with E-state index >= 15 is 0 Å². The van der Waals surface area contributed by atoms with E-state index in [1.165, 1.54) is 4.88 Å². The zero-order valence-corrected chi connectivity index (χ0v) is 13.4. The van der Waals surface area contributed by atoms with Gasteiger partial charge >= 0.3 is 0 Å². The Morgan fingerprint density at radius 1 is 1.22 bits per heavy atom. The lowest BCUT2D eigenvalue weighted by atomic mass is 10.2. The first kappa shape index (κ1) is 15.4. The molecule has 3 aromatic rings. The predicted molar refractivity (Wildman–Crippen MR) is 89.9 cm³/mol. The monoisotopic (exact) mass is 327 g/mol. The van der Waals surface area contributed by atoms with E-state index in [9.17, 15) is 4.79 Å². The van der Waals surface area contributed by atoms with Crippen molar-refractivity contribution < 1.29 is 13.6 Å². The van der Waals surface area contributed by atoms with E-state index in [4.69, 9.17) is 8.83 Å². The first-order valence-corrected chi connectivity index (χ1v) is 8.23. The summed E-state index contributed by atoms with van der Waals surface area (Å²) in [6, 6.07) is 9.63. The van der Waals surface area contributed by atoms with Crippen LogP contribution < -0.4 is 0 Å². The van der Waals surface area contributed by atoms with Gasteiger partial charge in [-0.25, -0.2) is 0 Å². The van der Waals surface area contributed by atoms with Gasteiger partial charge in [0.25, 0.3) is 0 Å². The summed E-state index contributed by atoms with van der Waals surface area (Å²) in [6.45, 7) is 1.11. The molecule has 0 N–H and O–H groups in total. The van der Waals surface area contributed by atoms with E-state index in [1.54, 1.807) is 47.2 Å². The molecule has 4 nitrogen and oxygen atoms in total. The molecule has 0 aromatic carbocycles. The van der Waals surface area contributed by atoms with Crippen LogP contribution in [0.5, 0.6) is 0 Å². The van der Waals surface area contributed by atoms with Crippen LogP contribution in [-0.2, 0) is 17.8 Å². The van der Waals surface area contributed by atoms with Crippen molar-refractivity contribution in [3.63, 3.8) is 0 Å². The highest BCUT2D eigenvalue weighted by atomic mass is 32.1. The zero-order valence-electron chi connectivity index (χ0n) is 12.6. The van der Waals surface area contributed by atoms with Crippen LogP contribution in [0.4, 0.5) is 0 Å². The quantitative estimate of drug-likeness (QED) is 0.610. The first-order chi connectivity index (χ1) is 11.3. The van der Waals surface area contributed by atoms with Gasteiger partial charge in [0.05, 0.1) is 25.3 Å². The van der Waals surface area contributed by atoms with Crippen LogP contribution >= 0.6 is 11.3 Å². The second kappa shape index (κ2) is 7.65. The number of carbonyl (C=O) groups excluding carboxylic acids is 1. The summed E-state index contributed by atoms with van der Waals surface area (Å²) in [5.74, 6) is 0.736. The molecule has 0 radical (unpaired) electrons. The molecule has 0 unspecified atom stereocenters. The van der Waals surface area contributed by atoms with Gasteiger partial charge in [0.1, 0.15) is 5.76 Å². The fraction of sp³-hybridized carbons (Fsp3) is 0.167. The summed E-state index contributed by atoms with van der Waals surface area (Å²) >= 11 is 1.70. The highest BCUT2D eigenvalue weighted by molar-refractivity contribution is 7.09. The van der Waals surface area contributed by atoms with Gasteiger partial charge in [-0.1, -0.05) is 6.07 Å².